The van der Waals surface area contributed by atoms with Gasteiger partial charge in [-0.05, 0) is 69.5 Å². The third kappa shape index (κ3) is 8.13. The average Bonchev–Trinajstić information content (AvgIpc) is 3.78. The van der Waals surface area contributed by atoms with Crippen molar-refractivity contribution < 1.29 is 32.2 Å². The molecule has 3 aromatic rings. The first-order valence-corrected chi connectivity index (χ1v) is 16.6. The van der Waals surface area contributed by atoms with E-state index >= 15 is 0 Å². The number of aryl methyl sites for hydroxylation is 1. The summed E-state index contributed by atoms with van der Waals surface area (Å²) in [7, 11) is 0. The molecule has 0 radical (unpaired) electrons. The zero-order chi connectivity index (χ0) is 31.4. The molecule has 2 heterocycles. The van der Waals surface area contributed by atoms with Gasteiger partial charge in [0.15, 0.2) is 6.10 Å². The second-order valence-corrected chi connectivity index (χ2v) is 13.2. The monoisotopic (exact) mass is 647 g/mol. The lowest BCUT2D eigenvalue weighted by Crippen LogP contribution is -2.48. The Morgan fingerprint density at radius 2 is 1.80 bits per heavy atom. The molecule has 2 aliphatic rings. The Labute approximate surface area is 263 Å². The molecule has 7 nitrogen and oxygen atoms in total. The minimum absolute atomic E-state index is 0.209. The number of carbonyl (C=O) groups is 2. The van der Waals surface area contributed by atoms with Crippen LogP contribution in [0.25, 0.3) is 10.6 Å². The number of esters is 1. The Kier molecular flexibility index (Phi) is 10.2. The molecule has 0 spiro atoms. The van der Waals surface area contributed by atoms with Crippen molar-refractivity contribution in [2.75, 3.05) is 32.8 Å². The molecule has 2 fully saturated rings. The van der Waals surface area contributed by atoms with E-state index in [1.807, 2.05) is 30.0 Å². The molecule has 1 amide bonds. The van der Waals surface area contributed by atoms with Crippen LogP contribution >= 0.6 is 23.1 Å². The predicted octanol–water partition coefficient (Wildman–Crippen LogP) is 6.81. The molecular weight excluding hydrogens is 611 g/mol. The van der Waals surface area contributed by atoms with Gasteiger partial charge in [-0.1, -0.05) is 12.1 Å². The van der Waals surface area contributed by atoms with Crippen LogP contribution in [0.2, 0.25) is 0 Å². The number of carbonyl (C=O) groups excluding carboxylic acids is 2. The average molecular weight is 648 g/mol. The number of ether oxygens (including phenoxy) is 2. The van der Waals surface area contributed by atoms with Gasteiger partial charge in [0.25, 0.3) is 0 Å². The third-order valence-electron chi connectivity index (χ3n) is 7.66. The third-order valence-corrected chi connectivity index (χ3v) is 10.0. The minimum atomic E-state index is -4.40. The van der Waals surface area contributed by atoms with E-state index in [9.17, 15) is 22.8 Å². The second-order valence-electron chi connectivity index (χ2n) is 11.1. The van der Waals surface area contributed by atoms with E-state index in [1.54, 1.807) is 25.6 Å². The van der Waals surface area contributed by atoms with Gasteiger partial charge in [0.1, 0.15) is 10.8 Å². The van der Waals surface area contributed by atoms with Crippen molar-refractivity contribution in [3.8, 4) is 16.3 Å². The molecule has 1 saturated heterocycles. The van der Waals surface area contributed by atoms with Gasteiger partial charge in [-0.25, -0.2) is 9.78 Å². The van der Waals surface area contributed by atoms with Crippen LogP contribution in [-0.4, -0.2) is 65.6 Å². The van der Waals surface area contributed by atoms with Gasteiger partial charge in [0.2, 0.25) is 5.91 Å². The highest BCUT2D eigenvalue weighted by Crippen LogP contribution is 2.37. The Morgan fingerprint density at radius 3 is 2.41 bits per heavy atom. The molecule has 2 aromatic carbocycles. The number of thioether (sulfide) groups is 1. The summed E-state index contributed by atoms with van der Waals surface area (Å²) < 4.78 is 50.3. The van der Waals surface area contributed by atoms with Crippen molar-refractivity contribution >= 4 is 35.0 Å². The van der Waals surface area contributed by atoms with Gasteiger partial charge >= 0.3 is 12.1 Å². The van der Waals surface area contributed by atoms with E-state index in [1.165, 1.54) is 23.5 Å². The summed E-state index contributed by atoms with van der Waals surface area (Å²) in [5.74, 6) is 1.30. The van der Waals surface area contributed by atoms with Crippen molar-refractivity contribution in [1.29, 1.82) is 0 Å². The second kappa shape index (κ2) is 13.9. The first-order valence-electron chi connectivity index (χ1n) is 14.8. The summed E-state index contributed by atoms with van der Waals surface area (Å²) in [6.07, 6.45) is -3.13. The molecule has 1 atom stereocenters. The number of amides is 1. The number of nitrogens with zero attached hydrogens (tertiary/aromatic N) is 3. The van der Waals surface area contributed by atoms with Crippen LogP contribution in [0.5, 0.6) is 5.75 Å². The van der Waals surface area contributed by atoms with Crippen LogP contribution < -0.4 is 4.74 Å². The lowest BCUT2D eigenvalue weighted by Gasteiger charge is -2.34. The van der Waals surface area contributed by atoms with E-state index < -0.39 is 23.8 Å². The maximum atomic E-state index is 13.1. The van der Waals surface area contributed by atoms with Crippen LogP contribution in [0, 0.1) is 12.8 Å². The molecule has 1 unspecified atom stereocenters. The van der Waals surface area contributed by atoms with Crippen molar-refractivity contribution in [1.82, 2.24) is 14.8 Å². The van der Waals surface area contributed by atoms with Gasteiger partial charge in [-0.15, -0.1) is 23.1 Å². The Bertz CT molecular complexity index is 1470. The number of thiazole rings is 1. The highest BCUT2D eigenvalue weighted by atomic mass is 32.2. The highest BCUT2D eigenvalue weighted by Gasteiger charge is 2.35. The molecule has 12 heteroatoms. The smallest absolute Gasteiger partial charge is 0.416 e. The van der Waals surface area contributed by atoms with Crippen molar-refractivity contribution in [3.05, 3.63) is 64.2 Å². The van der Waals surface area contributed by atoms with E-state index in [0.717, 1.165) is 59.1 Å². The number of rotatable bonds is 11. The van der Waals surface area contributed by atoms with Gasteiger partial charge in [-0.2, -0.15) is 13.2 Å². The van der Waals surface area contributed by atoms with Crippen molar-refractivity contribution in [2.45, 2.75) is 63.1 Å². The molecular formula is C32H36F3N3O4S2. The molecule has 1 aliphatic heterocycles. The predicted molar refractivity (Wildman–Crippen MR) is 165 cm³/mol. The topological polar surface area (TPSA) is 72.0 Å². The number of aromatic nitrogens is 1. The molecule has 5 rings (SSSR count). The summed E-state index contributed by atoms with van der Waals surface area (Å²) in [4.78, 5) is 35.7. The number of benzene rings is 2. The standard InChI is InChI=1S/C32H36F3N3O4S2/c1-4-41-31(40)21(3)42-27-12-11-25(17-20(27)2)43-19-28-26(18-37-13-15-38(16-14-37)30(39)23-5-6-23)36-29(44-28)22-7-9-24(10-8-22)32(33,34)35/h7-12,17,21,23H,4-6,13-16,18-19H2,1-3H3. The van der Waals surface area contributed by atoms with E-state index in [0.29, 0.717) is 41.7 Å². The lowest BCUT2D eigenvalue weighted by molar-refractivity contribution is -0.150. The maximum Gasteiger partial charge on any atom is 0.416 e. The number of halogens is 3. The van der Waals surface area contributed by atoms with E-state index in [-0.39, 0.29) is 18.4 Å². The summed E-state index contributed by atoms with van der Waals surface area (Å²) in [5.41, 5.74) is 1.75. The van der Waals surface area contributed by atoms with Gasteiger partial charge in [0, 0.05) is 59.7 Å². The fourth-order valence-electron chi connectivity index (χ4n) is 4.96. The zero-order valence-corrected chi connectivity index (χ0v) is 26.6. The molecule has 1 aliphatic carbocycles. The summed E-state index contributed by atoms with van der Waals surface area (Å²) in [6.45, 7) is 9.12. The normalized spacial score (nSPS) is 16.5. The lowest BCUT2D eigenvalue weighted by atomic mass is 10.1. The Balaban J connectivity index is 1.29. The van der Waals surface area contributed by atoms with Crippen molar-refractivity contribution in [3.63, 3.8) is 0 Å². The summed E-state index contributed by atoms with van der Waals surface area (Å²) >= 11 is 3.13. The van der Waals surface area contributed by atoms with Crippen LogP contribution in [0.1, 0.15) is 48.4 Å². The summed E-state index contributed by atoms with van der Waals surface area (Å²) in [5, 5.41) is 0.680. The van der Waals surface area contributed by atoms with E-state index in [4.69, 9.17) is 14.5 Å². The van der Waals surface area contributed by atoms with Crippen LogP contribution in [0.15, 0.2) is 47.4 Å². The van der Waals surface area contributed by atoms with Gasteiger partial charge < -0.3 is 14.4 Å². The molecule has 1 saturated carbocycles. The highest BCUT2D eigenvalue weighted by molar-refractivity contribution is 7.98. The summed E-state index contributed by atoms with van der Waals surface area (Å²) in [6, 6.07) is 10.9. The maximum absolute atomic E-state index is 13.1. The van der Waals surface area contributed by atoms with Gasteiger partial charge in [0.05, 0.1) is 17.9 Å². The molecule has 236 valence electrons. The first kappa shape index (κ1) is 32.3. The Hall–Kier alpha value is -3.09. The minimum Gasteiger partial charge on any atom is -0.479 e. The molecule has 0 N–H and O–H groups in total. The molecule has 1 aromatic heterocycles. The van der Waals surface area contributed by atoms with Crippen molar-refractivity contribution in [2.24, 2.45) is 5.92 Å². The fourth-order valence-corrected chi connectivity index (χ4v) is 7.13. The van der Waals surface area contributed by atoms with Crippen LogP contribution in [-0.2, 0) is 32.8 Å². The number of piperazine rings is 1. The quantitative estimate of drug-likeness (QED) is 0.167. The zero-order valence-electron chi connectivity index (χ0n) is 25.0. The fraction of sp³-hybridized carbons (Fsp3) is 0.469. The number of hydrogen-bond acceptors (Lipinski definition) is 8. The molecule has 0 bridgehead atoms. The Morgan fingerprint density at radius 1 is 1.09 bits per heavy atom. The number of alkyl halides is 3. The first-order chi connectivity index (χ1) is 21.0. The SMILES string of the molecule is CCOC(=O)C(C)Oc1ccc(SCc2sc(-c3ccc(C(F)(F)F)cc3)nc2CN2CCN(C(=O)C3CC3)CC2)cc1C. The largest absolute Gasteiger partial charge is 0.479 e. The van der Waals surface area contributed by atoms with Crippen LogP contribution in [0.3, 0.4) is 0 Å². The van der Waals surface area contributed by atoms with E-state index in [2.05, 4.69) is 4.90 Å². The van der Waals surface area contributed by atoms with Crippen LogP contribution in [0.4, 0.5) is 13.2 Å². The number of hydrogen-bond donors (Lipinski definition) is 0. The molecule has 44 heavy (non-hydrogen) atoms. The van der Waals surface area contributed by atoms with Gasteiger partial charge in [-0.3, -0.25) is 9.69 Å².